The normalized spacial score (nSPS) is 21.5. The number of fused-ring (bicyclic) bond motifs is 1. The third-order valence-electron chi connectivity index (χ3n) is 6.20. The molecule has 0 bridgehead atoms. The fourth-order valence-electron chi connectivity index (χ4n) is 4.45. The summed E-state index contributed by atoms with van der Waals surface area (Å²) in [5, 5.41) is 2.72. The summed E-state index contributed by atoms with van der Waals surface area (Å²) in [7, 11) is 1.59. The fourth-order valence-corrected chi connectivity index (χ4v) is 4.45. The molecule has 0 spiro atoms. The summed E-state index contributed by atoms with van der Waals surface area (Å²) >= 11 is 0. The number of amides is 3. The highest BCUT2D eigenvalue weighted by atomic mass is 16.5. The van der Waals surface area contributed by atoms with Gasteiger partial charge in [-0.15, -0.1) is 0 Å². The molecule has 9 heteroatoms. The minimum atomic E-state index is -0.319. The molecular formula is C22H27N3O6. The van der Waals surface area contributed by atoms with E-state index >= 15 is 0 Å². The Balaban J connectivity index is 1.32. The van der Waals surface area contributed by atoms with Crippen LogP contribution in [0.4, 0.5) is 5.69 Å². The lowest BCUT2D eigenvalue weighted by Gasteiger charge is -2.33. The van der Waals surface area contributed by atoms with E-state index in [1.807, 2.05) is 0 Å². The summed E-state index contributed by atoms with van der Waals surface area (Å²) in [6, 6.07) is 5.08. The van der Waals surface area contributed by atoms with Crippen LogP contribution in [-0.4, -0.2) is 79.8 Å². The molecule has 4 rings (SSSR count). The number of methoxy groups -OCH3 is 1. The Labute approximate surface area is 180 Å². The molecule has 0 unspecified atom stereocenters. The Morgan fingerprint density at radius 1 is 1.19 bits per heavy atom. The molecule has 1 aromatic carbocycles. The smallest absolute Gasteiger partial charge is 0.262 e. The van der Waals surface area contributed by atoms with Gasteiger partial charge < -0.3 is 24.6 Å². The molecule has 3 heterocycles. The second-order valence-electron chi connectivity index (χ2n) is 8.25. The first-order valence-electron chi connectivity index (χ1n) is 10.6. The van der Waals surface area contributed by atoms with Gasteiger partial charge in [-0.1, -0.05) is 0 Å². The highest BCUT2D eigenvalue weighted by molar-refractivity contribution is 6.02. The molecule has 31 heavy (non-hydrogen) atoms. The average molecular weight is 429 g/mol. The van der Waals surface area contributed by atoms with Crippen molar-refractivity contribution < 1.29 is 28.7 Å². The van der Waals surface area contributed by atoms with Gasteiger partial charge in [0.25, 0.3) is 5.91 Å². The SMILES string of the molecule is COCCN1C[C@@H](C(=O)N2CCC(C(=O)c3ccc4c(c3)NC(=O)CO4)CC2)CC1=O. The first-order valence-corrected chi connectivity index (χ1v) is 10.6. The number of piperidine rings is 1. The van der Waals surface area contributed by atoms with Crippen LogP contribution < -0.4 is 10.1 Å². The lowest BCUT2D eigenvalue weighted by atomic mass is 9.88. The van der Waals surface area contributed by atoms with Crippen molar-refractivity contribution in [3.63, 3.8) is 0 Å². The number of benzene rings is 1. The number of carbonyl (C=O) groups excluding carboxylic acids is 4. The zero-order valence-corrected chi connectivity index (χ0v) is 17.6. The van der Waals surface area contributed by atoms with Gasteiger partial charge >= 0.3 is 0 Å². The second-order valence-corrected chi connectivity index (χ2v) is 8.25. The van der Waals surface area contributed by atoms with Crippen LogP contribution in [0.5, 0.6) is 5.75 Å². The minimum absolute atomic E-state index is 0.00666. The number of anilines is 1. The molecule has 1 aromatic rings. The van der Waals surface area contributed by atoms with Gasteiger partial charge in [0.15, 0.2) is 12.4 Å². The standard InChI is InChI=1S/C22H27N3O6/c1-30-9-8-25-12-16(11-20(25)27)22(29)24-6-4-14(5-7-24)21(28)15-2-3-18-17(10-15)23-19(26)13-31-18/h2-3,10,14,16H,4-9,11-13H2,1H3,(H,23,26)/t16-/m0/s1. The number of hydrogen-bond acceptors (Lipinski definition) is 6. The number of ketones is 1. The van der Waals surface area contributed by atoms with Crippen LogP contribution in [0.25, 0.3) is 0 Å². The fraction of sp³-hybridized carbons (Fsp3) is 0.545. The molecule has 9 nitrogen and oxygen atoms in total. The molecule has 0 aromatic heterocycles. The molecule has 166 valence electrons. The largest absolute Gasteiger partial charge is 0.482 e. The van der Waals surface area contributed by atoms with E-state index in [1.165, 1.54) is 0 Å². The van der Waals surface area contributed by atoms with Gasteiger partial charge in [0.1, 0.15) is 5.75 Å². The van der Waals surface area contributed by atoms with Crippen molar-refractivity contribution in [2.45, 2.75) is 19.3 Å². The molecule has 2 saturated heterocycles. The van der Waals surface area contributed by atoms with Crippen molar-refractivity contribution in [3.8, 4) is 5.75 Å². The van der Waals surface area contributed by atoms with Gasteiger partial charge in [0, 0.05) is 51.2 Å². The number of Topliss-reactive ketones (excluding diaryl/α,β-unsaturated/α-hetero) is 1. The van der Waals surface area contributed by atoms with Crippen molar-refractivity contribution in [3.05, 3.63) is 23.8 Å². The summed E-state index contributed by atoms with van der Waals surface area (Å²) in [6.07, 6.45) is 1.40. The maximum absolute atomic E-state index is 13.0. The number of nitrogens with zero attached hydrogens (tertiary/aromatic N) is 2. The van der Waals surface area contributed by atoms with E-state index < -0.39 is 0 Å². The van der Waals surface area contributed by atoms with Gasteiger partial charge in [-0.3, -0.25) is 19.2 Å². The molecule has 0 radical (unpaired) electrons. The Kier molecular flexibility index (Phi) is 6.22. The van der Waals surface area contributed by atoms with Crippen LogP contribution in [0.2, 0.25) is 0 Å². The van der Waals surface area contributed by atoms with Gasteiger partial charge in [-0.25, -0.2) is 0 Å². The van der Waals surface area contributed by atoms with E-state index in [-0.39, 0.29) is 48.4 Å². The summed E-state index contributed by atoms with van der Waals surface area (Å²) in [4.78, 5) is 52.9. The van der Waals surface area contributed by atoms with E-state index in [0.29, 0.717) is 62.6 Å². The number of nitrogens with one attached hydrogen (secondary N) is 1. The predicted molar refractivity (Wildman–Crippen MR) is 111 cm³/mol. The summed E-state index contributed by atoms with van der Waals surface area (Å²) < 4.78 is 10.4. The Bertz CT molecular complexity index is 893. The van der Waals surface area contributed by atoms with E-state index in [1.54, 1.807) is 35.1 Å². The molecule has 2 fully saturated rings. The zero-order valence-electron chi connectivity index (χ0n) is 17.6. The lowest BCUT2D eigenvalue weighted by molar-refractivity contribution is -0.137. The van der Waals surface area contributed by atoms with Crippen LogP contribution in [0.15, 0.2) is 18.2 Å². The van der Waals surface area contributed by atoms with Gasteiger partial charge in [-0.2, -0.15) is 0 Å². The van der Waals surface area contributed by atoms with Gasteiger partial charge in [0.05, 0.1) is 18.2 Å². The lowest BCUT2D eigenvalue weighted by Crippen LogP contribution is -2.43. The highest BCUT2D eigenvalue weighted by Crippen LogP contribution is 2.31. The Hall–Kier alpha value is -2.94. The molecule has 3 aliphatic heterocycles. The van der Waals surface area contributed by atoms with E-state index in [4.69, 9.17) is 9.47 Å². The monoisotopic (exact) mass is 429 g/mol. The molecule has 3 aliphatic rings. The maximum Gasteiger partial charge on any atom is 0.262 e. The number of ether oxygens (including phenoxy) is 2. The molecule has 1 atom stereocenters. The quantitative estimate of drug-likeness (QED) is 0.675. The summed E-state index contributed by atoms with van der Waals surface area (Å²) in [6.45, 7) is 2.37. The predicted octanol–water partition coefficient (Wildman–Crippen LogP) is 0.934. The number of rotatable bonds is 6. The summed E-state index contributed by atoms with van der Waals surface area (Å²) in [5.41, 5.74) is 1.04. The molecular weight excluding hydrogens is 402 g/mol. The third-order valence-corrected chi connectivity index (χ3v) is 6.20. The minimum Gasteiger partial charge on any atom is -0.482 e. The van der Waals surface area contributed by atoms with Crippen LogP contribution in [0.3, 0.4) is 0 Å². The van der Waals surface area contributed by atoms with Crippen molar-refractivity contribution in [2.75, 3.05) is 51.8 Å². The summed E-state index contributed by atoms with van der Waals surface area (Å²) in [5.74, 6) is -0.183. The molecule has 0 saturated carbocycles. The zero-order chi connectivity index (χ0) is 22.0. The van der Waals surface area contributed by atoms with Crippen LogP contribution >= 0.6 is 0 Å². The van der Waals surface area contributed by atoms with Gasteiger partial charge in [0.2, 0.25) is 11.8 Å². The second kappa shape index (κ2) is 9.05. The van der Waals surface area contributed by atoms with Crippen molar-refractivity contribution in [1.29, 1.82) is 0 Å². The van der Waals surface area contributed by atoms with Crippen LogP contribution in [0.1, 0.15) is 29.6 Å². The van der Waals surface area contributed by atoms with E-state index in [9.17, 15) is 19.2 Å². The van der Waals surface area contributed by atoms with Crippen LogP contribution in [-0.2, 0) is 19.1 Å². The average Bonchev–Trinajstić information content (AvgIpc) is 3.16. The van der Waals surface area contributed by atoms with Crippen molar-refractivity contribution in [1.82, 2.24) is 9.80 Å². The first-order chi connectivity index (χ1) is 15.0. The topological polar surface area (TPSA) is 105 Å². The first kappa shape index (κ1) is 21.3. The van der Waals surface area contributed by atoms with Crippen LogP contribution in [0, 0.1) is 11.8 Å². The number of hydrogen-bond donors (Lipinski definition) is 1. The molecule has 3 amide bonds. The number of likely N-dealkylation sites (tertiary alicyclic amines) is 2. The van der Waals surface area contributed by atoms with Crippen molar-refractivity contribution >= 4 is 29.2 Å². The highest BCUT2D eigenvalue weighted by Gasteiger charge is 2.38. The Morgan fingerprint density at radius 2 is 1.97 bits per heavy atom. The van der Waals surface area contributed by atoms with Gasteiger partial charge in [-0.05, 0) is 31.0 Å². The third kappa shape index (κ3) is 4.56. The molecule has 0 aliphatic carbocycles. The molecule has 1 N–H and O–H groups in total. The number of carbonyl (C=O) groups is 4. The maximum atomic E-state index is 13.0. The Morgan fingerprint density at radius 3 is 2.71 bits per heavy atom. The van der Waals surface area contributed by atoms with Crippen molar-refractivity contribution in [2.24, 2.45) is 11.8 Å². The van der Waals surface area contributed by atoms with E-state index in [2.05, 4.69) is 5.32 Å². The van der Waals surface area contributed by atoms with E-state index in [0.717, 1.165) is 0 Å².